The molecule has 1 saturated heterocycles. The molecule has 43 heavy (non-hydrogen) atoms. The number of pyridine rings is 1. The first kappa shape index (κ1) is 30.4. The fourth-order valence-corrected chi connectivity index (χ4v) is 5.58. The number of carbonyl (C=O) groups excluding carboxylic acids is 2. The number of para-hydroxylation sites is 2. The first-order valence-corrected chi connectivity index (χ1v) is 15.0. The summed E-state index contributed by atoms with van der Waals surface area (Å²) in [6.45, 7) is 8.68. The fourth-order valence-electron chi connectivity index (χ4n) is 5.58. The number of fused-ring (bicyclic) bond motifs is 12. The lowest BCUT2D eigenvalue weighted by Crippen LogP contribution is -2.52. The van der Waals surface area contributed by atoms with Crippen LogP contribution >= 0.6 is 0 Å². The standard InChI is InChI=1S/C31H41N7O5/c1-22(2)37-15-16-42-17-18-43-30-25(7-6-12-32-30)29(39)33-26(31(40)36-13-10-23(20-37)11-14-36)19-24-21-38(35-34-24)27-8-4-5-9-28(27)41-3/h4-9,12,21-23,26H,10-11,13-20H2,1-3H3,(H,33,39)/t26-/m1/s1. The molecule has 1 N–H and O–H groups in total. The number of carbonyl (C=O) groups is 2. The molecule has 230 valence electrons. The largest absolute Gasteiger partial charge is 0.494 e. The topological polar surface area (TPSA) is 124 Å². The van der Waals surface area contributed by atoms with Crippen molar-refractivity contribution in [3.05, 3.63) is 60.0 Å². The molecule has 3 aliphatic rings. The van der Waals surface area contributed by atoms with Crippen LogP contribution in [0.15, 0.2) is 48.8 Å². The SMILES string of the molecule is COc1ccccc1-n1cc(C[C@H]2NC(=O)c3cccnc3OCCOCCN(C(C)C)CC3CCN(CC3)C2=O)nn1. The monoisotopic (exact) mass is 591 g/mol. The normalized spacial score (nSPS) is 21.1. The number of benzene rings is 1. The van der Waals surface area contributed by atoms with E-state index in [1.54, 1.807) is 36.3 Å². The number of hydrogen-bond donors (Lipinski definition) is 1. The third-order valence-corrected chi connectivity index (χ3v) is 8.04. The van der Waals surface area contributed by atoms with E-state index in [1.165, 1.54) is 0 Å². The molecule has 0 spiro atoms. The highest BCUT2D eigenvalue weighted by Crippen LogP contribution is 2.23. The number of amides is 2. The van der Waals surface area contributed by atoms with Gasteiger partial charge in [-0.2, -0.15) is 0 Å². The summed E-state index contributed by atoms with van der Waals surface area (Å²) in [5, 5.41) is 11.6. The lowest BCUT2D eigenvalue weighted by atomic mass is 9.95. The molecule has 3 aromatic rings. The average Bonchev–Trinajstić information content (AvgIpc) is 3.49. The maximum absolute atomic E-state index is 14.0. The Morgan fingerprint density at radius 3 is 2.65 bits per heavy atom. The molecule has 2 bridgehead atoms. The minimum Gasteiger partial charge on any atom is -0.494 e. The molecule has 5 heterocycles. The molecule has 1 fully saturated rings. The molecule has 0 unspecified atom stereocenters. The van der Waals surface area contributed by atoms with Gasteiger partial charge in [-0.3, -0.25) is 14.5 Å². The Balaban J connectivity index is 1.40. The maximum atomic E-state index is 14.0. The molecule has 2 amide bonds. The van der Waals surface area contributed by atoms with Gasteiger partial charge in [0, 0.05) is 44.8 Å². The third-order valence-electron chi connectivity index (χ3n) is 8.04. The van der Waals surface area contributed by atoms with Crippen molar-refractivity contribution in [1.82, 2.24) is 35.1 Å². The Morgan fingerprint density at radius 1 is 1.05 bits per heavy atom. The van der Waals surface area contributed by atoms with Gasteiger partial charge in [0.15, 0.2) is 0 Å². The number of rotatable bonds is 5. The highest BCUT2D eigenvalue weighted by atomic mass is 16.5. The summed E-state index contributed by atoms with van der Waals surface area (Å²) in [4.78, 5) is 36.1. The third kappa shape index (κ3) is 7.68. The van der Waals surface area contributed by atoms with Gasteiger partial charge in [0.05, 0.1) is 32.2 Å². The predicted molar refractivity (Wildman–Crippen MR) is 159 cm³/mol. The van der Waals surface area contributed by atoms with Crippen molar-refractivity contribution >= 4 is 11.8 Å². The quantitative estimate of drug-likeness (QED) is 0.446. The molecule has 12 nitrogen and oxygen atoms in total. The second-order valence-corrected chi connectivity index (χ2v) is 11.2. The summed E-state index contributed by atoms with van der Waals surface area (Å²) >= 11 is 0. The van der Waals surface area contributed by atoms with Gasteiger partial charge in [0.2, 0.25) is 11.8 Å². The van der Waals surface area contributed by atoms with E-state index in [2.05, 4.69) is 39.4 Å². The molecule has 0 saturated carbocycles. The Bertz CT molecular complexity index is 1370. The number of nitrogens with one attached hydrogen (secondary N) is 1. The van der Waals surface area contributed by atoms with Gasteiger partial charge < -0.3 is 24.4 Å². The Morgan fingerprint density at radius 2 is 1.86 bits per heavy atom. The summed E-state index contributed by atoms with van der Waals surface area (Å²) in [5.74, 6) is 0.749. The van der Waals surface area contributed by atoms with Crippen LogP contribution in [0, 0.1) is 5.92 Å². The van der Waals surface area contributed by atoms with Crippen LogP contribution in [0.3, 0.4) is 0 Å². The number of hydrogen-bond acceptors (Lipinski definition) is 9. The predicted octanol–water partition coefficient (Wildman–Crippen LogP) is 2.37. The average molecular weight is 592 g/mol. The van der Waals surface area contributed by atoms with Crippen LogP contribution in [0.1, 0.15) is 42.7 Å². The van der Waals surface area contributed by atoms with Crippen LogP contribution in [0.4, 0.5) is 0 Å². The fraction of sp³-hybridized carbons (Fsp3) is 0.516. The molecule has 1 aromatic carbocycles. The second kappa shape index (κ2) is 14.4. The van der Waals surface area contributed by atoms with E-state index in [0.29, 0.717) is 49.7 Å². The van der Waals surface area contributed by atoms with Gasteiger partial charge in [0.1, 0.15) is 29.6 Å². The minimum absolute atomic E-state index is 0.139. The Labute approximate surface area is 252 Å². The van der Waals surface area contributed by atoms with Crippen LogP contribution in [-0.4, -0.2) is 107 Å². The molecule has 0 aliphatic carbocycles. The van der Waals surface area contributed by atoms with Crippen LogP contribution in [0.2, 0.25) is 0 Å². The molecule has 12 heteroatoms. The highest BCUT2D eigenvalue weighted by molar-refractivity contribution is 5.99. The summed E-state index contributed by atoms with van der Waals surface area (Å²) in [6.07, 6.45) is 5.31. The molecular weight excluding hydrogens is 550 g/mol. The Kier molecular flexibility index (Phi) is 10.2. The molecule has 1 atom stereocenters. The summed E-state index contributed by atoms with van der Waals surface area (Å²) in [5.41, 5.74) is 1.54. The van der Waals surface area contributed by atoms with Crippen LogP contribution in [0.5, 0.6) is 11.6 Å². The van der Waals surface area contributed by atoms with E-state index in [1.807, 2.05) is 29.2 Å². The zero-order valence-corrected chi connectivity index (χ0v) is 25.1. The number of methoxy groups -OCH3 is 1. The van der Waals surface area contributed by atoms with Gasteiger partial charge >= 0.3 is 0 Å². The van der Waals surface area contributed by atoms with Gasteiger partial charge in [-0.25, -0.2) is 9.67 Å². The molecule has 3 aliphatic heterocycles. The van der Waals surface area contributed by atoms with Gasteiger partial charge in [0.25, 0.3) is 5.91 Å². The first-order valence-electron chi connectivity index (χ1n) is 15.0. The number of ether oxygens (including phenoxy) is 3. The van der Waals surface area contributed by atoms with Crippen molar-refractivity contribution in [2.75, 3.05) is 53.1 Å². The van der Waals surface area contributed by atoms with E-state index in [0.717, 1.165) is 31.6 Å². The summed E-state index contributed by atoms with van der Waals surface area (Å²) in [6, 6.07) is 10.3. The van der Waals surface area contributed by atoms with Crippen LogP contribution < -0.4 is 14.8 Å². The lowest BCUT2D eigenvalue weighted by Gasteiger charge is -2.37. The minimum atomic E-state index is -0.852. The van der Waals surface area contributed by atoms with E-state index in [9.17, 15) is 9.59 Å². The van der Waals surface area contributed by atoms with Crippen LogP contribution in [0.25, 0.3) is 5.69 Å². The highest BCUT2D eigenvalue weighted by Gasteiger charge is 2.32. The van der Waals surface area contributed by atoms with Crippen molar-refractivity contribution in [2.24, 2.45) is 5.92 Å². The zero-order valence-electron chi connectivity index (χ0n) is 25.1. The zero-order chi connectivity index (χ0) is 30.2. The number of nitrogens with zero attached hydrogens (tertiary/aromatic N) is 6. The van der Waals surface area contributed by atoms with Crippen molar-refractivity contribution in [2.45, 2.75) is 45.2 Å². The van der Waals surface area contributed by atoms with E-state index < -0.39 is 11.9 Å². The van der Waals surface area contributed by atoms with Crippen LogP contribution in [-0.2, 0) is 16.0 Å². The summed E-state index contributed by atoms with van der Waals surface area (Å²) < 4.78 is 18.8. The lowest BCUT2D eigenvalue weighted by molar-refractivity contribution is -0.134. The molecule has 2 aromatic heterocycles. The van der Waals surface area contributed by atoms with E-state index in [-0.39, 0.29) is 30.4 Å². The first-order chi connectivity index (χ1) is 20.9. The number of aromatic nitrogens is 4. The Hall–Kier alpha value is -4.03. The van der Waals surface area contributed by atoms with Crippen molar-refractivity contribution < 1.29 is 23.8 Å². The summed E-state index contributed by atoms with van der Waals surface area (Å²) in [7, 11) is 1.60. The van der Waals surface area contributed by atoms with Gasteiger partial charge in [-0.1, -0.05) is 17.3 Å². The van der Waals surface area contributed by atoms with Crippen molar-refractivity contribution in [3.8, 4) is 17.3 Å². The van der Waals surface area contributed by atoms with E-state index in [4.69, 9.17) is 14.2 Å². The van der Waals surface area contributed by atoms with E-state index >= 15 is 0 Å². The smallest absolute Gasteiger partial charge is 0.257 e. The van der Waals surface area contributed by atoms with Crippen molar-refractivity contribution in [3.63, 3.8) is 0 Å². The van der Waals surface area contributed by atoms with Gasteiger partial charge in [-0.15, -0.1) is 5.10 Å². The second-order valence-electron chi connectivity index (χ2n) is 11.2. The molecule has 6 rings (SSSR count). The van der Waals surface area contributed by atoms with Crippen molar-refractivity contribution in [1.29, 1.82) is 0 Å². The van der Waals surface area contributed by atoms with Gasteiger partial charge in [-0.05, 0) is 56.9 Å². The molecule has 0 radical (unpaired) electrons. The molecular formula is C31H41N7O5. The maximum Gasteiger partial charge on any atom is 0.257 e. The number of piperidine rings is 1.